The third-order valence-corrected chi connectivity index (χ3v) is 4.45. The van der Waals surface area contributed by atoms with Crippen LogP contribution in [0, 0.1) is 0 Å². The molecule has 2 aromatic rings. The molecule has 0 aliphatic heterocycles. The zero-order valence-corrected chi connectivity index (χ0v) is 18.8. The van der Waals surface area contributed by atoms with Gasteiger partial charge in [0.05, 0.1) is 27.6 Å². The number of aliphatic hydroxyl groups is 1. The number of benzene rings is 2. The second kappa shape index (κ2) is 13.0. The molecule has 176 valence electrons. The summed E-state index contributed by atoms with van der Waals surface area (Å²) in [5.74, 6) is 0.366. The third kappa shape index (κ3) is 6.91. The number of nitrogens with zero attached hydrogens (tertiary/aromatic N) is 3. The highest BCUT2D eigenvalue weighted by Crippen LogP contribution is 2.29. The van der Waals surface area contributed by atoms with E-state index in [1.165, 1.54) is 39.6 Å². The summed E-state index contributed by atoms with van der Waals surface area (Å²) in [7, 11) is 4.44. The highest BCUT2D eigenvalue weighted by atomic mass is 16.5. The number of hydrogen-bond donors (Lipinski definition) is 1. The quantitative estimate of drug-likeness (QED) is 0.0914. The van der Waals surface area contributed by atoms with Gasteiger partial charge < -0.3 is 24.1 Å². The second-order valence-electron chi connectivity index (χ2n) is 6.47. The number of rotatable bonds is 12. The summed E-state index contributed by atoms with van der Waals surface area (Å²) in [4.78, 5) is 27.5. The van der Waals surface area contributed by atoms with E-state index in [-0.39, 0.29) is 6.73 Å². The normalized spacial score (nSPS) is 11.2. The predicted molar refractivity (Wildman–Crippen MR) is 126 cm³/mol. The first-order valence-electron chi connectivity index (χ1n) is 9.80. The van der Waals surface area contributed by atoms with Crippen LogP contribution in [0.3, 0.4) is 0 Å². The minimum absolute atomic E-state index is 0.204. The molecule has 0 unspecified atom stereocenters. The van der Waals surface area contributed by atoms with Gasteiger partial charge in [-0.3, -0.25) is 9.59 Å². The second-order valence-corrected chi connectivity index (χ2v) is 6.47. The van der Waals surface area contributed by atoms with E-state index in [2.05, 4.69) is 10.0 Å². The Morgan fingerprint density at radius 2 is 1.38 bits per heavy atom. The van der Waals surface area contributed by atoms with Crippen LogP contribution in [0.25, 0.3) is 22.6 Å². The topological polar surface area (TPSA) is 140 Å². The number of ether oxygens (including phenoxy) is 4. The van der Waals surface area contributed by atoms with Crippen molar-refractivity contribution >= 4 is 23.7 Å². The molecule has 0 saturated heterocycles. The van der Waals surface area contributed by atoms with Gasteiger partial charge in [-0.05, 0) is 53.1 Å². The van der Waals surface area contributed by atoms with Gasteiger partial charge in [0.2, 0.25) is 0 Å². The van der Waals surface area contributed by atoms with Gasteiger partial charge >= 0.3 is 0 Å². The van der Waals surface area contributed by atoms with Crippen LogP contribution in [-0.4, -0.2) is 44.7 Å². The Morgan fingerprint density at radius 3 is 1.85 bits per heavy atom. The van der Waals surface area contributed by atoms with Crippen molar-refractivity contribution < 1.29 is 33.6 Å². The van der Waals surface area contributed by atoms with E-state index >= 15 is 0 Å². The molecule has 10 nitrogen and oxygen atoms in total. The number of carbonyl (C=O) groups is 2. The first-order chi connectivity index (χ1) is 16.5. The highest BCUT2D eigenvalue weighted by molar-refractivity contribution is 6.28. The average molecular weight is 465 g/mol. The van der Waals surface area contributed by atoms with Crippen LogP contribution in [0.1, 0.15) is 11.1 Å². The summed E-state index contributed by atoms with van der Waals surface area (Å²) in [5.41, 5.74) is 9.13. The van der Waals surface area contributed by atoms with Crippen molar-refractivity contribution in [1.29, 1.82) is 0 Å². The number of methoxy groups -OCH3 is 3. The van der Waals surface area contributed by atoms with Crippen molar-refractivity contribution in [2.75, 3.05) is 28.1 Å². The maximum absolute atomic E-state index is 12.5. The van der Waals surface area contributed by atoms with E-state index in [1.54, 1.807) is 36.4 Å². The van der Waals surface area contributed by atoms with Gasteiger partial charge in [-0.25, -0.2) is 0 Å². The number of aliphatic hydroxyl groups excluding tert-OH is 1. The molecule has 2 rings (SSSR count). The SMILES string of the molecule is COc1ccc(/C=C/C(=O)C(=CO)C(=O)/C=C/c2ccc(OCN=[N+]=[N-])c(OC)c2)cc1OC. The predicted octanol–water partition coefficient (Wildman–Crippen LogP) is 4.67. The summed E-state index contributed by atoms with van der Waals surface area (Å²) in [5, 5.41) is 12.7. The average Bonchev–Trinajstić information content (AvgIpc) is 2.86. The monoisotopic (exact) mass is 465 g/mol. The molecule has 0 saturated carbocycles. The van der Waals surface area contributed by atoms with Gasteiger partial charge in [-0.15, -0.1) is 0 Å². The van der Waals surface area contributed by atoms with Crippen LogP contribution in [0.5, 0.6) is 23.0 Å². The van der Waals surface area contributed by atoms with Gasteiger partial charge in [0, 0.05) is 4.91 Å². The fourth-order valence-electron chi connectivity index (χ4n) is 2.76. The van der Waals surface area contributed by atoms with Crippen LogP contribution in [0.2, 0.25) is 0 Å². The Hall–Kier alpha value is -4.69. The number of allylic oxidation sites excluding steroid dienone is 3. The fraction of sp³-hybridized carbons (Fsp3) is 0.167. The van der Waals surface area contributed by atoms with Crippen molar-refractivity contribution in [3.8, 4) is 23.0 Å². The fourth-order valence-corrected chi connectivity index (χ4v) is 2.76. The van der Waals surface area contributed by atoms with E-state index in [0.717, 1.165) is 6.08 Å². The maximum atomic E-state index is 12.5. The highest BCUT2D eigenvalue weighted by Gasteiger charge is 2.14. The largest absolute Gasteiger partial charge is 0.515 e. The Kier molecular flexibility index (Phi) is 9.77. The van der Waals surface area contributed by atoms with Gasteiger partial charge in [0.25, 0.3) is 0 Å². The minimum atomic E-state index is -0.688. The molecule has 1 N–H and O–H groups in total. The van der Waals surface area contributed by atoms with Crippen molar-refractivity contribution in [2.24, 2.45) is 5.11 Å². The van der Waals surface area contributed by atoms with Crippen molar-refractivity contribution in [3.05, 3.63) is 82.0 Å². The lowest BCUT2D eigenvalue weighted by molar-refractivity contribution is -0.116. The lowest BCUT2D eigenvalue weighted by atomic mass is 10.0. The summed E-state index contributed by atoms with van der Waals surface area (Å²) >= 11 is 0. The molecule has 0 spiro atoms. The molecule has 0 bridgehead atoms. The molecule has 34 heavy (non-hydrogen) atoms. The molecule has 0 aromatic heterocycles. The first kappa shape index (κ1) is 25.6. The number of hydrogen-bond acceptors (Lipinski definition) is 8. The lowest BCUT2D eigenvalue weighted by Crippen LogP contribution is -2.08. The van der Waals surface area contributed by atoms with Crippen LogP contribution >= 0.6 is 0 Å². The first-order valence-corrected chi connectivity index (χ1v) is 9.80. The molecule has 10 heteroatoms. The smallest absolute Gasteiger partial charge is 0.192 e. The molecule has 2 aromatic carbocycles. The van der Waals surface area contributed by atoms with E-state index in [0.29, 0.717) is 40.4 Å². The van der Waals surface area contributed by atoms with Crippen molar-refractivity contribution in [3.63, 3.8) is 0 Å². The zero-order chi connectivity index (χ0) is 24.9. The summed E-state index contributed by atoms with van der Waals surface area (Å²) in [6, 6.07) is 9.87. The lowest BCUT2D eigenvalue weighted by Gasteiger charge is -2.09. The van der Waals surface area contributed by atoms with Crippen LogP contribution in [0.15, 0.2) is 65.5 Å². The summed E-state index contributed by atoms with van der Waals surface area (Å²) in [6.07, 6.45) is 5.75. The molecule has 0 aliphatic carbocycles. The Balaban J connectivity index is 2.12. The standard InChI is InChI=1S/C24H23N3O7/c1-31-21-10-6-16(12-23(21)32-2)4-8-19(29)18(14-28)20(30)9-5-17-7-11-22(24(13-17)33-3)34-15-26-27-25/h4-14,28H,15H2,1-3H3/b8-4+,9-5+,18-14?. The van der Waals surface area contributed by atoms with Crippen LogP contribution < -0.4 is 18.9 Å². The van der Waals surface area contributed by atoms with Crippen LogP contribution in [-0.2, 0) is 9.59 Å². The van der Waals surface area contributed by atoms with Crippen LogP contribution in [0.4, 0.5) is 0 Å². The van der Waals surface area contributed by atoms with E-state index < -0.39 is 17.1 Å². The van der Waals surface area contributed by atoms with E-state index in [1.807, 2.05) is 0 Å². The molecule has 0 aliphatic rings. The minimum Gasteiger partial charge on any atom is -0.515 e. The zero-order valence-electron chi connectivity index (χ0n) is 18.8. The number of ketones is 2. The Bertz CT molecular complexity index is 1180. The molecule has 0 heterocycles. The van der Waals surface area contributed by atoms with E-state index in [4.69, 9.17) is 24.5 Å². The number of azide groups is 1. The maximum Gasteiger partial charge on any atom is 0.192 e. The molecular formula is C24H23N3O7. The number of carbonyl (C=O) groups excluding carboxylic acids is 2. The van der Waals surface area contributed by atoms with Gasteiger partial charge in [-0.1, -0.05) is 29.4 Å². The molecule has 0 fully saturated rings. The molecular weight excluding hydrogens is 442 g/mol. The van der Waals surface area contributed by atoms with Crippen molar-refractivity contribution in [1.82, 2.24) is 0 Å². The molecule has 0 radical (unpaired) electrons. The van der Waals surface area contributed by atoms with Gasteiger partial charge in [-0.2, -0.15) is 0 Å². The Labute approximate surface area is 196 Å². The van der Waals surface area contributed by atoms with Gasteiger partial charge in [0.15, 0.2) is 41.3 Å². The Morgan fingerprint density at radius 1 is 0.882 bits per heavy atom. The van der Waals surface area contributed by atoms with Crippen molar-refractivity contribution in [2.45, 2.75) is 0 Å². The summed E-state index contributed by atoms with van der Waals surface area (Å²) in [6.45, 7) is -0.204. The van der Waals surface area contributed by atoms with Gasteiger partial charge in [0.1, 0.15) is 5.57 Å². The molecule has 0 amide bonds. The third-order valence-electron chi connectivity index (χ3n) is 4.45. The molecule has 0 atom stereocenters. The summed E-state index contributed by atoms with van der Waals surface area (Å²) < 4.78 is 20.9. The van der Waals surface area contributed by atoms with E-state index in [9.17, 15) is 14.7 Å².